The molecule has 2 aromatic heterocycles. The van der Waals surface area contributed by atoms with Gasteiger partial charge < -0.3 is 0 Å². The lowest BCUT2D eigenvalue weighted by Crippen LogP contribution is -2.22. The second-order valence-electron chi connectivity index (χ2n) is 6.27. The van der Waals surface area contributed by atoms with Crippen molar-refractivity contribution in [3.63, 3.8) is 0 Å². The lowest BCUT2D eigenvalue weighted by Gasteiger charge is -2.22. The first-order valence-electron chi connectivity index (χ1n) is 8.43. The zero-order valence-electron chi connectivity index (χ0n) is 14.0. The van der Waals surface area contributed by atoms with Crippen molar-refractivity contribution in [2.75, 3.05) is 11.9 Å². The topological polar surface area (TPSA) is 73.9 Å². The number of amides is 1. The third kappa shape index (κ3) is 3.87. The van der Waals surface area contributed by atoms with E-state index in [1.54, 1.807) is 12.1 Å². The summed E-state index contributed by atoms with van der Waals surface area (Å²) in [5.41, 5.74) is 2.82. The summed E-state index contributed by atoms with van der Waals surface area (Å²) in [6.07, 6.45) is 6.03. The molecule has 0 bridgehead atoms. The van der Waals surface area contributed by atoms with Crippen LogP contribution in [0.5, 0.6) is 0 Å². The maximum absolute atomic E-state index is 12.4. The predicted octanol–water partition coefficient (Wildman–Crippen LogP) is 4.22. The standard InChI is InChI=1S/C18H18BrN5OS/c19-14-5-3-13(4-6-14)17(25)23-18-22-15(11-26-18)16-2-1-7-24(16)10-12-8-20-21-9-12/h3-6,8-9,11,16H,1-2,7,10H2,(H,20,21)(H,22,23,25). The molecule has 1 amide bonds. The van der Waals surface area contributed by atoms with E-state index in [0.717, 1.165) is 36.1 Å². The third-order valence-electron chi connectivity index (χ3n) is 4.49. The quantitative estimate of drug-likeness (QED) is 0.633. The van der Waals surface area contributed by atoms with Crippen molar-refractivity contribution in [2.45, 2.75) is 25.4 Å². The highest BCUT2D eigenvalue weighted by molar-refractivity contribution is 9.10. The van der Waals surface area contributed by atoms with Crippen LogP contribution in [0.1, 0.15) is 40.5 Å². The summed E-state index contributed by atoms with van der Waals surface area (Å²) < 4.78 is 0.949. The second kappa shape index (κ2) is 7.69. The number of rotatable bonds is 5. The number of hydrogen-bond acceptors (Lipinski definition) is 5. The lowest BCUT2D eigenvalue weighted by molar-refractivity contribution is 0.102. The molecule has 1 atom stereocenters. The molecule has 4 rings (SSSR count). The number of halogens is 1. The van der Waals surface area contributed by atoms with Crippen molar-refractivity contribution in [3.05, 3.63) is 63.3 Å². The van der Waals surface area contributed by atoms with E-state index in [2.05, 4.69) is 46.7 Å². The van der Waals surface area contributed by atoms with Gasteiger partial charge in [0.2, 0.25) is 0 Å². The summed E-state index contributed by atoms with van der Waals surface area (Å²) in [6.45, 7) is 1.91. The molecule has 1 unspecified atom stereocenters. The molecule has 0 spiro atoms. The maximum Gasteiger partial charge on any atom is 0.257 e. The minimum atomic E-state index is -0.139. The molecule has 8 heteroatoms. The predicted molar refractivity (Wildman–Crippen MR) is 105 cm³/mol. The molecule has 26 heavy (non-hydrogen) atoms. The van der Waals surface area contributed by atoms with E-state index in [4.69, 9.17) is 0 Å². The van der Waals surface area contributed by atoms with Crippen LogP contribution in [0, 0.1) is 0 Å². The Kier molecular flexibility index (Phi) is 5.14. The molecule has 1 aromatic carbocycles. The molecule has 1 saturated heterocycles. The number of anilines is 1. The Morgan fingerprint density at radius 1 is 1.38 bits per heavy atom. The summed E-state index contributed by atoms with van der Waals surface area (Å²) >= 11 is 4.85. The molecule has 1 fully saturated rings. The van der Waals surface area contributed by atoms with Gasteiger partial charge in [0.15, 0.2) is 5.13 Å². The molecule has 6 nitrogen and oxygen atoms in total. The second-order valence-corrected chi connectivity index (χ2v) is 8.05. The lowest BCUT2D eigenvalue weighted by atomic mass is 10.1. The Morgan fingerprint density at radius 2 is 2.23 bits per heavy atom. The van der Waals surface area contributed by atoms with Crippen molar-refractivity contribution in [1.82, 2.24) is 20.1 Å². The van der Waals surface area contributed by atoms with Crippen molar-refractivity contribution >= 4 is 38.3 Å². The third-order valence-corrected chi connectivity index (χ3v) is 5.80. The highest BCUT2D eigenvalue weighted by atomic mass is 79.9. The van der Waals surface area contributed by atoms with Gasteiger partial charge in [-0.25, -0.2) is 4.98 Å². The largest absolute Gasteiger partial charge is 0.298 e. The highest BCUT2D eigenvalue weighted by Crippen LogP contribution is 2.34. The van der Waals surface area contributed by atoms with Crippen molar-refractivity contribution in [1.29, 1.82) is 0 Å². The van der Waals surface area contributed by atoms with Crippen LogP contribution in [0.25, 0.3) is 0 Å². The van der Waals surface area contributed by atoms with Crippen LogP contribution in [0.2, 0.25) is 0 Å². The molecule has 3 heterocycles. The highest BCUT2D eigenvalue weighted by Gasteiger charge is 2.28. The molecule has 0 aliphatic carbocycles. The van der Waals surface area contributed by atoms with E-state index in [-0.39, 0.29) is 5.91 Å². The number of hydrogen-bond donors (Lipinski definition) is 2. The Bertz CT molecular complexity index is 877. The maximum atomic E-state index is 12.4. The normalized spacial score (nSPS) is 17.5. The summed E-state index contributed by atoms with van der Waals surface area (Å²) in [6, 6.07) is 7.58. The number of thiazole rings is 1. The van der Waals surface area contributed by atoms with E-state index in [1.807, 2.05) is 24.5 Å². The molecule has 2 N–H and O–H groups in total. The Balaban J connectivity index is 1.43. The van der Waals surface area contributed by atoms with Crippen molar-refractivity contribution < 1.29 is 4.79 Å². The van der Waals surface area contributed by atoms with E-state index in [1.165, 1.54) is 16.9 Å². The monoisotopic (exact) mass is 431 g/mol. The smallest absolute Gasteiger partial charge is 0.257 e. The zero-order chi connectivity index (χ0) is 17.9. The summed E-state index contributed by atoms with van der Waals surface area (Å²) in [4.78, 5) is 19.4. The van der Waals surface area contributed by atoms with Gasteiger partial charge in [-0.05, 0) is 43.7 Å². The van der Waals surface area contributed by atoms with Gasteiger partial charge in [0.25, 0.3) is 5.91 Å². The van der Waals surface area contributed by atoms with Gasteiger partial charge in [-0.1, -0.05) is 15.9 Å². The molecule has 1 aliphatic heterocycles. The van der Waals surface area contributed by atoms with Gasteiger partial charge in [-0.3, -0.25) is 20.1 Å². The van der Waals surface area contributed by atoms with E-state index < -0.39 is 0 Å². The van der Waals surface area contributed by atoms with Gasteiger partial charge >= 0.3 is 0 Å². The van der Waals surface area contributed by atoms with Crippen LogP contribution in [-0.2, 0) is 6.54 Å². The Morgan fingerprint density at radius 3 is 3.00 bits per heavy atom. The van der Waals surface area contributed by atoms with Gasteiger partial charge in [0.05, 0.1) is 17.9 Å². The van der Waals surface area contributed by atoms with Gasteiger partial charge in [0.1, 0.15) is 0 Å². The molecule has 134 valence electrons. The van der Waals surface area contributed by atoms with Crippen LogP contribution in [0.4, 0.5) is 5.13 Å². The SMILES string of the molecule is O=C(Nc1nc(C2CCCN2Cc2cn[nH]c2)cs1)c1ccc(Br)cc1. The zero-order valence-corrected chi connectivity index (χ0v) is 16.4. The molecular formula is C18H18BrN5OS. The van der Waals surface area contributed by atoms with Crippen LogP contribution < -0.4 is 5.32 Å². The minimum Gasteiger partial charge on any atom is -0.298 e. The first kappa shape index (κ1) is 17.4. The van der Waals surface area contributed by atoms with Crippen LogP contribution in [0.15, 0.2) is 46.5 Å². The Hall–Kier alpha value is -2.03. The molecule has 3 aromatic rings. The van der Waals surface area contributed by atoms with Crippen LogP contribution >= 0.6 is 27.3 Å². The van der Waals surface area contributed by atoms with Gasteiger partial charge in [0, 0.05) is 33.7 Å². The first-order chi connectivity index (χ1) is 12.7. The molecular weight excluding hydrogens is 414 g/mol. The average molecular weight is 432 g/mol. The number of nitrogens with one attached hydrogen (secondary N) is 2. The minimum absolute atomic E-state index is 0.139. The molecule has 0 saturated carbocycles. The van der Waals surface area contributed by atoms with Crippen LogP contribution in [0.3, 0.4) is 0 Å². The number of aromatic nitrogens is 3. The summed E-state index contributed by atoms with van der Waals surface area (Å²) in [5.74, 6) is -0.139. The number of carbonyl (C=O) groups excluding carboxylic acids is 1. The van der Waals surface area contributed by atoms with E-state index in [9.17, 15) is 4.79 Å². The average Bonchev–Trinajstić information content (AvgIpc) is 3.38. The van der Waals surface area contributed by atoms with Crippen molar-refractivity contribution in [2.24, 2.45) is 0 Å². The van der Waals surface area contributed by atoms with Crippen molar-refractivity contribution in [3.8, 4) is 0 Å². The first-order valence-corrected chi connectivity index (χ1v) is 10.1. The van der Waals surface area contributed by atoms with Gasteiger partial charge in [-0.15, -0.1) is 11.3 Å². The number of likely N-dealkylation sites (tertiary alicyclic amines) is 1. The number of benzene rings is 1. The fourth-order valence-corrected chi connectivity index (χ4v) is 4.23. The Labute approximate surface area is 163 Å². The number of nitrogens with zero attached hydrogens (tertiary/aromatic N) is 3. The molecule has 0 radical (unpaired) electrons. The number of H-pyrrole nitrogens is 1. The van der Waals surface area contributed by atoms with Gasteiger partial charge in [-0.2, -0.15) is 5.10 Å². The van der Waals surface area contributed by atoms with E-state index >= 15 is 0 Å². The summed E-state index contributed by atoms with van der Waals surface area (Å²) in [7, 11) is 0. The van der Waals surface area contributed by atoms with Crippen LogP contribution in [-0.4, -0.2) is 32.5 Å². The number of aromatic amines is 1. The fourth-order valence-electron chi connectivity index (χ4n) is 3.22. The molecule has 1 aliphatic rings. The number of carbonyl (C=O) groups is 1. The summed E-state index contributed by atoms with van der Waals surface area (Å²) in [5, 5.41) is 12.5. The van der Waals surface area contributed by atoms with E-state index in [0.29, 0.717) is 16.7 Å². The fraction of sp³-hybridized carbons (Fsp3) is 0.278.